The first-order chi connectivity index (χ1) is 10.0. The fraction of sp³-hybridized carbons (Fsp3) is 0.467. The molecule has 0 aromatic heterocycles. The summed E-state index contributed by atoms with van der Waals surface area (Å²) in [7, 11) is 0. The lowest BCUT2D eigenvalue weighted by molar-refractivity contribution is -0.139. The molecule has 0 heterocycles. The average Bonchev–Trinajstić information content (AvgIpc) is 2.44. The number of carboxylic acid groups (broad SMARTS) is 1. The number of para-hydroxylation sites is 1. The van der Waals surface area contributed by atoms with Crippen LogP contribution in [0.2, 0.25) is 0 Å². The van der Waals surface area contributed by atoms with Gasteiger partial charge in [0.2, 0.25) is 5.91 Å². The minimum absolute atomic E-state index is 0.246. The van der Waals surface area contributed by atoms with Crippen molar-refractivity contribution < 1.29 is 14.7 Å². The number of rotatable bonds is 9. The second-order valence-electron chi connectivity index (χ2n) is 4.76. The number of amides is 1. The lowest BCUT2D eigenvalue weighted by Crippen LogP contribution is -2.44. The number of hydrogen-bond acceptors (Lipinski definition) is 4. The number of carbonyl (C=O) groups is 2. The van der Waals surface area contributed by atoms with Crippen LogP contribution in [0.25, 0.3) is 0 Å². The monoisotopic (exact) mass is 293 g/mol. The Kier molecular flexibility index (Phi) is 7.42. The molecule has 116 valence electrons. The molecule has 1 amide bonds. The Balaban J connectivity index is 2.62. The van der Waals surface area contributed by atoms with E-state index < -0.39 is 12.0 Å². The lowest BCUT2D eigenvalue weighted by Gasteiger charge is -2.17. The number of nitrogens with one attached hydrogen (secondary N) is 3. The Morgan fingerprint density at radius 2 is 1.95 bits per heavy atom. The van der Waals surface area contributed by atoms with Gasteiger partial charge in [-0.15, -0.1) is 0 Å². The van der Waals surface area contributed by atoms with E-state index in [9.17, 15) is 9.59 Å². The summed E-state index contributed by atoms with van der Waals surface area (Å²) in [5.41, 5.74) is 1.64. The van der Waals surface area contributed by atoms with Gasteiger partial charge in [0, 0.05) is 18.8 Å². The molecule has 0 radical (unpaired) electrons. The van der Waals surface area contributed by atoms with Crippen molar-refractivity contribution in [2.75, 3.05) is 25.0 Å². The SMILES string of the molecule is CCNCCN[C@@H](CC(=O)O)C(=O)Nc1ccccc1C. The molecule has 0 saturated carbocycles. The van der Waals surface area contributed by atoms with Gasteiger partial charge >= 0.3 is 5.97 Å². The summed E-state index contributed by atoms with van der Waals surface area (Å²) in [5.74, 6) is -1.33. The van der Waals surface area contributed by atoms with Gasteiger partial charge in [-0.2, -0.15) is 0 Å². The molecule has 0 spiro atoms. The van der Waals surface area contributed by atoms with Crippen molar-refractivity contribution in [3.8, 4) is 0 Å². The van der Waals surface area contributed by atoms with Gasteiger partial charge in [0.15, 0.2) is 0 Å². The molecule has 0 aliphatic rings. The van der Waals surface area contributed by atoms with Crippen LogP contribution in [0.15, 0.2) is 24.3 Å². The number of carboxylic acids is 1. The van der Waals surface area contributed by atoms with Crippen molar-refractivity contribution in [2.45, 2.75) is 26.3 Å². The zero-order valence-corrected chi connectivity index (χ0v) is 12.5. The number of likely N-dealkylation sites (N-methyl/N-ethyl adjacent to an activating group) is 1. The first-order valence-electron chi connectivity index (χ1n) is 7.07. The van der Waals surface area contributed by atoms with E-state index in [0.29, 0.717) is 18.8 Å². The van der Waals surface area contributed by atoms with Gasteiger partial charge in [-0.3, -0.25) is 9.59 Å². The van der Waals surface area contributed by atoms with Crippen molar-refractivity contribution in [2.24, 2.45) is 0 Å². The minimum Gasteiger partial charge on any atom is -0.481 e. The molecule has 0 saturated heterocycles. The molecular weight excluding hydrogens is 270 g/mol. The minimum atomic E-state index is -1.00. The van der Waals surface area contributed by atoms with Crippen LogP contribution < -0.4 is 16.0 Å². The molecule has 0 aliphatic carbocycles. The Hall–Kier alpha value is -1.92. The maximum Gasteiger partial charge on any atom is 0.305 e. The summed E-state index contributed by atoms with van der Waals surface area (Å²) in [6.45, 7) is 5.93. The predicted molar refractivity (Wildman–Crippen MR) is 82.4 cm³/mol. The van der Waals surface area contributed by atoms with Crippen molar-refractivity contribution in [1.29, 1.82) is 0 Å². The van der Waals surface area contributed by atoms with Gasteiger partial charge in [0.1, 0.15) is 0 Å². The van der Waals surface area contributed by atoms with E-state index in [1.165, 1.54) is 0 Å². The summed E-state index contributed by atoms with van der Waals surface area (Å²) < 4.78 is 0. The van der Waals surface area contributed by atoms with Crippen LogP contribution in [0.5, 0.6) is 0 Å². The zero-order valence-electron chi connectivity index (χ0n) is 12.5. The molecule has 0 aliphatic heterocycles. The predicted octanol–water partition coefficient (Wildman–Crippen LogP) is 0.976. The first kappa shape index (κ1) is 17.1. The fourth-order valence-corrected chi connectivity index (χ4v) is 1.88. The molecule has 0 bridgehead atoms. The molecule has 6 heteroatoms. The number of aryl methyl sites for hydroxylation is 1. The Morgan fingerprint density at radius 1 is 1.24 bits per heavy atom. The summed E-state index contributed by atoms with van der Waals surface area (Å²) >= 11 is 0. The van der Waals surface area contributed by atoms with Crippen molar-refractivity contribution in [3.63, 3.8) is 0 Å². The lowest BCUT2D eigenvalue weighted by atomic mass is 10.1. The van der Waals surface area contributed by atoms with Crippen molar-refractivity contribution in [1.82, 2.24) is 10.6 Å². The van der Waals surface area contributed by atoms with Crippen LogP contribution in [0.3, 0.4) is 0 Å². The molecular formula is C15H23N3O3. The summed E-state index contributed by atoms with van der Waals surface area (Å²) in [6, 6.07) is 6.65. The quantitative estimate of drug-likeness (QED) is 0.510. The Labute approximate surface area is 124 Å². The van der Waals surface area contributed by atoms with Crippen LogP contribution in [0.4, 0.5) is 5.69 Å². The van der Waals surface area contributed by atoms with Gasteiger partial charge in [0.25, 0.3) is 0 Å². The summed E-state index contributed by atoms with van der Waals surface area (Å²) in [5, 5.41) is 17.8. The topological polar surface area (TPSA) is 90.5 Å². The van der Waals surface area contributed by atoms with Crippen LogP contribution in [0, 0.1) is 6.92 Å². The normalized spacial score (nSPS) is 11.9. The second-order valence-corrected chi connectivity index (χ2v) is 4.76. The van der Waals surface area contributed by atoms with Gasteiger partial charge in [0.05, 0.1) is 12.5 Å². The molecule has 6 nitrogen and oxygen atoms in total. The summed E-state index contributed by atoms with van der Waals surface area (Å²) in [4.78, 5) is 23.1. The van der Waals surface area contributed by atoms with Crippen molar-refractivity contribution >= 4 is 17.6 Å². The molecule has 21 heavy (non-hydrogen) atoms. The van der Waals surface area contributed by atoms with E-state index in [0.717, 1.165) is 12.1 Å². The number of aliphatic carboxylic acids is 1. The molecule has 1 rings (SSSR count). The van der Waals surface area contributed by atoms with Gasteiger partial charge in [-0.25, -0.2) is 0 Å². The molecule has 0 fully saturated rings. The highest BCUT2D eigenvalue weighted by Gasteiger charge is 2.21. The van der Waals surface area contributed by atoms with Crippen LogP contribution >= 0.6 is 0 Å². The summed E-state index contributed by atoms with van der Waals surface area (Å²) in [6.07, 6.45) is -0.246. The largest absolute Gasteiger partial charge is 0.481 e. The van der Waals surface area contributed by atoms with Gasteiger partial charge < -0.3 is 21.1 Å². The molecule has 1 aromatic rings. The van der Waals surface area contributed by atoms with Crippen LogP contribution in [-0.2, 0) is 9.59 Å². The third-order valence-electron chi connectivity index (χ3n) is 3.04. The maximum atomic E-state index is 12.2. The number of benzene rings is 1. The van der Waals surface area contributed by atoms with Gasteiger partial charge in [-0.1, -0.05) is 25.1 Å². The van der Waals surface area contributed by atoms with E-state index >= 15 is 0 Å². The zero-order chi connectivity index (χ0) is 15.7. The van der Waals surface area contributed by atoms with E-state index in [2.05, 4.69) is 16.0 Å². The number of anilines is 1. The van der Waals surface area contributed by atoms with Crippen LogP contribution in [-0.4, -0.2) is 42.7 Å². The third kappa shape index (κ3) is 6.37. The highest BCUT2D eigenvalue weighted by atomic mass is 16.4. The van der Waals surface area contributed by atoms with Crippen LogP contribution in [0.1, 0.15) is 18.9 Å². The number of hydrogen-bond donors (Lipinski definition) is 4. The molecule has 1 atom stereocenters. The Morgan fingerprint density at radius 3 is 2.57 bits per heavy atom. The van der Waals surface area contributed by atoms with E-state index in [4.69, 9.17) is 5.11 Å². The smallest absolute Gasteiger partial charge is 0.305 e. The first-order valence-corrected chi connectivity index (χ1v) is 7.07. The number of carbonyl (C=O) groups excluding carboxylic acids is 1. The molecule has 4 N–H and O–H groups in total. The Bertz CT molecular complexity index is 477. The third-order valence-corrected chi connectivity index (χ3v) is 3.04. The highest BCUT2D eigenvalue weighted by molar-refractivity contribution is 5.97. The fourth-order valence-electron chi connectivity index (χ4n) is 1.88. The second kappa shape index (κ2) is 9.10. The van der Waals surface area contributed by atoms with E-state index in [1.807, 2.05) is 32.0 Å². The van der Waals surface area contributed by atoms with Crippen molar-refractivity contribution in [3.05, 3.63) is 29.8 Å². The van der Waals surface area contributed by atoms with E-state index in [-0.39, 0.29) is 12.3 Å². The average molecular weight is 293 g/mol. The van der Waals surface area contributed by atoms with E-state index in [1.54, 1.807) is 6.07 Å². The molecule has 1 aromatic carbocycles. The maximum absolute atomic E-state index is 12.2. The van der Waals surface area contributed by atoms with Gasteiger partial charge in [-0.05, 0) is 25.1 Å². The molecule has 0 unspecified atom stereocenters. The highest BCUT2D eigenvalue weighted by Crippen LogP contribution is 2.13. The standard InChI is InChI=1S/C15H23N3O3/c1-3-16-8-9-17-13(10-14(19)20)15(21)18-12-7-5-4-6-11(12)2/h4-7,13,16-17H,3,8-10H2,1-2H3,(H,18,21)(H,19,20)/t13-/m0/s1.